The lowest BCUT2D eigenvalue weighted by Gasteiger charge is -2.20. The van der Waals surface area contributed by atoms with E-state index in [-0.39, 0.29) is 18.5 Å². The van der Waals surface area contributed by atoms with Crippen LogP contribution in [0.3, 0.4) is 0 Å². The topological polar surface area (TPSA) is 95.9 Å². The molecule has 344 valence electrons. The highest BCUT2D eigenvalue weighted by molar-refractivity contribution is 5.76. The summed E-state index contributed by atoms with van der Waals surface area (Å²) in [4.78, 5) is 24.5. The van der Waals surface area contributed by atoms with Crippen LogP contribution in [0.4, 0.5) is 0 Å². The zero-order valence-electron chi connectivity index (χ0n) is 39.0. The van der Waals surface area contributed by atoms with Crippen LogP contribution in [0.2, 0.25) is 0 Å². The average molecular weight is 820 g/mol. The molecule has 0 aliphatic rings. The van der Waals surface area contributed by atoms with Gasteiger partial charge < -0.3 is 20.3 Å². The largest absolute Gasteiger partial charge is 0.466 e. The van der Waals surface area contributed by atoms with Gasteiger partial charge >= 0.3 is 5.97 Å². The zero-order chi connectivity index (χ0) is 42.3. The van der Waals surface area contributed by atoms with Crippen LogP contribution in [-0.4, -0.2) is 47.4 Å². The number of nitrogens with one attached hydrogen (secondary N) is 1. The van der Waals surface area contributed by atoms with Crippen molar-refractivity contribution in [3.05, 3.63) is 12.2 Å². The second-order valence-corrected chi connectivity index (χ2v) is 17.9. The molecular weight excluding hydrogens is 719 g/mol. The standard InChI is InChI=1S/C52H101NO5/c1-3-5-7-9-11-13-15-17-19-21-23-25-28-32-36-40-44-50(55)49(48-54)53-51(56)45-41-37-33-29-27-31-35-39-43-47-58-52(57)46-42-38-34-30-26-24-22-20-18-16-14-12-10-8-6-4-2/h40,44,49-50,54-55H,3-39,41-43,45-48H2,1-2H3,(H,53,56)/b44-40+. The second kappa shape index (κ2) is 48.3. The van der Waals surface area contributed by atoms with Gasteiger partial charge in [0.25, 0.3) is 0 Å². The summed E-state index contributed by atoms with van der Waals surface area (Å²) in [5, 5.41) is 23.0. The summed E-state index contributed by atoms with van der Waals surface area (Å²) in [6, 6.07) is -0.646. The van der Waals surface area contributed by atoms with E-state index in [9.17, 15) is 19.8 Å². The molecule has 0 fully saturated rings. The van der Waals surface area contributed by atoms with Gasteiger partial charge in [-0.15, -0.1) is 0 Å². The molecule has 3 N–H and O–H groups in total. The lowest BCUT2D eigenvalue weighted by Crippen LogP contribution is -2.45. The van der Waals surface area contributed by atoms with Crippen molar-refractivity contribution in [1.29, 1.82) is 0 Å². The first-order chi connectivity index (χ1) is 28.5. The number of ether oxygens (including phenoxy) is 1. The maximum atomic E-state index is 12.4. The molecule has 0 aliphatic carbocycles. The van der Waals surface area contributed by atoms with Crippen LogP contribution in [-0.2, 0) is 14.3 Å². The molecule has 0 bridgehead atoms. The van der Waals surface area contributed by atoms with Gasteiger partial charge in [0.2, 0.25) is 5.91 Å². The number of carbonyl (C=O) groups excluding carboxylic acids is 2. The Labute approximate surface area is 361 Å². The Kier molecular flexibility index (Phi) is 47.1. The van der Waals surface area contributed by atoms with Crippen LogP contribution in [0.25, 0.3) is 0 Å². The highest BCUT2D eigenvalue weighted by atomic mass is 16.5. The zero-order valence-corrected chi connectivity index (χ0v) is 39.0. The Bertz CT molecular complexity index is 863. The molecule has 0 saturated carbocycles. The van der Waals surface area contributed by atoms with Gasteiger partial charge in [-0.2, -0.15) is 0 Å². The molecule has 0 radical (unpaired) electrons. The van der Waals surface area contributed by atoms with Gasteiger partial charge in [-0.1, -0.05) is 251 Å². The summed E-state index contributed by atoms with van der Waals surface area (Å²) in [6.45, 7) is 4.85. The second-order valence-electron chi connectivity index (χ2n) is 17.9. The average Bonchev–Trinajstić information content (AvgIpc) is 3.22. The fraction of sp³-hybridized carbons (Fsp3) is 0.923. The molecule has 0 heterocycles. The van der Waals surface area contributed by atoms with E-state index in [0.717, 1.165) is 57.8 Å². The van der Waals surface area contributed by atoms with E-state index in [1.807, 2.05) is 6.08 Å². The first-order valence-corrected chi connectivity index (χ1v) is 26.0. The monoisotopic (exact) mass is 820 g/mol. The maximum Gasteiger partial charge on any atom is 0.305 e. The lowest BCUT2D eigenvalue weighted by molar-refractivity contribution is -0.143. The van der Waals surface area contributed by atoms with E-state index >= 15 is 0 Å². The first kappa shape index (κ1) is 56.6. The fourth-order valence-electron chi connectivity index (χ4n) is 8.05. The van der Waals surface area contributed by atoms with Gasteiger partial charge in [-0.3, -0.25) is 9.59 Å². The number of rotatable bonds is 48. The predicted molar refractivity (Wildman–Crippen MR) is 250 cm³/mol. The van der Waals surface area contributed by atoms with Gasteiger partial charge in [-0.05, 0) is 32.1 Å². The molecule has 2 unspecified atom stereocenters. The molecule has 0 aromatic carbocycles. The van der Waals surface area contributed by atoms with Crippen LogP contribution in [0, 0.1) is 0 Å². The minimum Gasteiger partial charge on any atom is -0.466 e. The Morgan fingerprint density at radius 2 is 0.793 bits per heavy atom. The molecular formula is C52H101NO5. The van der Waals surface area contributed by atoms with Gasteiger partial charge in [0, 0.05) is 12.8 Å². The lowest BCUT2D eigenvalue weighted by atomic mass is 10.0. The molecule has 58 heavy (non-hydrogen) atoms. The molecule has 6 heteroatoms. The highest BCUT2D eigenvalue weighted by Crippen LogP contribution is 2.16. The predicted octanol–water partition coefficient (Wildman–Crippen LogP) is 15.3. The normalized spacial score (nSPS) is 12.7. The van der Waals surface area contributed by atoms with Crippen LogP contribution < -0.4 is 5.32 Å². The van der Waals surface area contributed by atoms with Crippen molar-refractivity contribution in [3.63, 3.8) is 0 Å². The molecule has 0 aromatic heterocycles. The molecule has 0 aromatic rings. The summed E-state index contributed by atoms with van der Waals surface area (Å²) in [5.41, 5.74) is 0. The van der Waals surface area contributed by atoms with Gasteiger partial charge in [0.15, 0.2) is 0 Å². The van der Waals surface area contributed by atoms with Crippen LogP contribution in [0.5, 0.6) is 0 Å². The quantitative estimate of drug-likeness (QED) is 0.0323. The number of aliphatic hydroxyl groups excluding tert-OH is 2. The number of allylic oxidation sites excluding steroid dienone is 1. The molecule has 6 nitrogen and oxygen atoms in total. The van der Waals surface area contributed by atoms with Gasteiger partial charge in [0.05, 0.1) is 25.4 Å². The van der Waals surface area contributed by atoms with Crippen LogP contribution in [0.1, 0.15) is 284 Å². The molecule has 0 aliphatic heterocycles. The number of esters is 1. The molecule has 2 atom stereocenters. The smallest absolute Gasteiger partial charge is 0.305 e. The minimum atomic E-state index is -0.860. The van der Waals surface area contributed by atoms with E-state index in [1.165, 1.54) is 199 Å². The van der Waals surface area contributed by atoms with E-state index in [2.05, 4.69) is 19.2 Å². The third-order valence-corrected chi connectivity index (χ3v) is 12.1. The van der Waals surface area contributed by atoms with Gasteiger partial charge in [-0.25, -0.2) is 0 Å². The summed E-state index contributed by atoms with van der Waals surface area (Å²) in [7, 11) is 0. The summed E-state index contributed by atoms with van der Waals surface area (Å²) < 4.78 is 5.46. The van der Waals surface area contributed by atoms with Crippen molar-refractivity contribution in [2.75, 3.05) is 13.2 Å². The SMILES string of the molecule is CCCCCCCCCCCCCCCC/C=C/C(O)C(CO)NC(=O)CCCCCCCCCCCOC(=O)CCCCCCCCCCCCCCCCCC. The Balaban J connectivity index is 3.50. The first-order valence-electron chi connectivity index (χ1n) is 26.0. The Hall–Kier alpha value is -1.40. The number of unbranched alkanes of at least 4 members (excludes halogenated alkanes) is 37. The summed E-state index contributed by atoms with van der Waals surface area (Å²) >= 11 is 0. The Morgan fingerprint density at radius 3 is 1.17 bits per heavy atom. The third-order valence-electron chi connectivity index (χ3n) is 12.1. The van der Waals surface area contributed by atoms with Crippen LogP contribution >= 0.6 is 0 Å². The van der Waals surface area contributed by atoms with Crippen molar-refractivity contribution >= 4 is 11.9 Å². The highest BCUT2D eigenvalue weighted by Gasteiger charge is 2.18. The van der Waals surface area contributed by atoms with Crippen molar-refractivity contribution in [3.8, 4) is 0 Å². The summed E-state index contributed by atoms with van der Waals surface area (Å²) in [6.07, 6.45) is 54.9. The van der Waals surface area contributed by atoms with Crippen LogP contribution in [0.15, 0.2) is 12.2 Å². The van der Waals surface area contributed by atoms with E-state index < -0.39 is 12.1 Å². The number of amides is 1. The molecule has 0 rings (SSSR count). The summed E-state index contributed by atoms with van der Waals surface area (Å²) in [5.74, 6) is -0.117. The van der Waals surface area contributed by atoms with E-state index in [0.29, 0.717) is 19.4 Å². The van der Waals surface area contributed by atoms with Crippen molar-refractivity contribution in [2.45, 2.75) is 296 Å². The third kappa shape index (κ3) is 44.2. The molecule has 0 spiro atoms. The van der Waals surface area contributed by atoms with E-state index in [1.54, 1.807) is 6.08 Å². The minimum absolute atomic E-state index is 0.0236. The number of hydrogen-bond donors (Lipinski definition) is 3. The number of hydrogen-bond acceptors (Lipinski definition) is 5. The number of carbonyl (C=O) groups is 2. The van der Waals surface area contributed by atoms with E-state index in [4.69, 9.17) is 4.74 Å². The molecule has 1 amide bonds. The van der Waals surface area contributed by atoms with Crippen molar-refractivity contribution < 1.29 is 24.5 Å². The maximum absolute atomic E-state index is 12.4. The van der Waals surface area contributed by atoms with Gasteiger partial charge in [0.1, 0.15) is 0 Å². The Morgan fingerprint density at radius 1 is 0.466 bits per heavy atom. The van der Waals surface area contributed by atoms with Crippen molar-refractivity contribution in [2.24, 2.45) is 0 Å². The fourth-order valence-corrected chi connectivity index (χ4v) is 8.05. The van der Waals surface area contributed by atoms with Crippen molar-refractivity contribution in [1.82, 2.24) is 5.32 Å². The molecule has 0 saturated heterocycles. The number of aliphatic hydroxyl groups is 2.